The minimum atomic E-state index is -3.89. The lowest BCUT2D eigenvalue weighted by molar-refractivity contribution is 0.387. The molecule has 9 nitrogen and oxygen atoms in total. The zero-order valence-corrected chi connectivity index (χ0v) is 21.3. The molecule has 1 unspecified atom stereocenters. The quantitative estimate of drug-likeness (QED) is 0.363. The number of sulfone groups is 1. The van der Waals surface area contributed by atoms with Gasteiger partial charge in [-0.2, -0.15) is 5.10 Å². The van der Waals surface area contributed by atoms with E-state index in [1.165, 1.54) is 37.4 Å². The van der Waals surface area contributed by atoms with E-state index in [0.29, 0.717) is 5.56 Å². The van der Waals surface area contributed by atoms with E-state index in [0.717, 1.165) is 21.6 Å². The maximum atomic E-state index is 15.2. The first-order chi connectivity index (χ1) is 18.0. The molecule has 38 heavy (non-hydrogen) atoms. The Kier molecular flexibility index (Phi) is 7.56. The molecule has 0 saturated heterocycles. The molecule has 1 atom stereocenters. The van der Waals surface area contributed by atoms with Gasteiger partial charge in [-0.05, 0) is 29.8 Å². The molecule has 0 aliphatic rings. The second kappa shape index (κ2) is 10.7. The summed E-state index contributed by atoms with van der Waals surface area (Å²) in [6, 6.07) is 15.4. The summed E-state index contributed by atoms with van der Waals surface area (Å²) < 4.78 is 61.1. The summed E-state index contributed by atoms with van der Waals surface area (Å²) in [7, 11) is -2.64. The van der Waals surface area contributed by atoms with Crippen molar-refractivity contribution in [2.75, 3.05) is 13.4 Å². The van der Waals surface area contributed by atoms with Crippen molar-refractivity contribution in [1.29, 1.82) is 0 Å². The van der Waals surface area contributed by atoms with E-state index in [-0.39, 0.29) is 28.3 Å². The maximum absolute atomic E-state index is 15.2. The van der Waals surface area contributed by atoms with Gasteiger partial charge in [0.25, 0.3) is 5.56 Å². The largest absolute Gasteiger partial charge is 0.494 e. The average molecular weight is 543 g/mol. The third-order valence-corrected chi connectivity index (χ3v) is 7.13. The highest BCUT2D eigenvalue weighted by Crippen LogP contribution is 2.26. The molecule has 0 amide bonds. The van der Waals surface area contributed by atoms with Crippen LogP contribution in [0.25, 0.3) is 11.3 Å². The van der Waals surface area contributed by atoms with Crippen molar-refractivity contribution >= 4 is 9.84 Å². The van der Waals surface area contributed by atoms with E-state index >= 15 is 4.39 Å². The normalized spacial score (nSPS) is 12.3. The number of nitrogens with zero attached hydrogens (tertiary/aromatic N) is 3. The minimum Gasteiger partial charge on any atom is -0.494 e. The Bertz CT molecular complexity index is 1720. The average Bonchev–Trinajstić information content (AvgIpc) is 2.89. The Hall–Kier alpha value is -4.16. The van der Waals surface area contributed by atoms with Crippen LogP contribution in [-0.2, 0) is 22.9 Å². The third kappa shape index (κ3) is 5.27. The zero-order valence-electron chi connectivity index (χ0n) is 20.5. The topological polar surface area (TPSA) is 126 Å². The van der Waals surface area contributed by atoms with Crippen LogP contribution in [-0.4, -0.2) is 36.1 Å². The first-order valence-corrected chi connectivity index (χ1v) is 13.2. The smallest absolute Gasteiger partial charge is 0.347 e. The lowest BCUT2D eigenvalue weighted by Crippen LogP contribution is -2.44. The Balaban J connectivity index is 1.96. The summed E-state index contributed by atoms with van der Waals surface area (Å²) >= 11 is 0. The van der Waals surface area contributed by atoms with Gasteiger partial charge < -0.3 is 10.5 Å². The monoisotopic (exact) mass is 542 g/mol. The highest BCUT2D eigenvalue weighted by Gasteiger charge is 2.24. The summed E-state index contributed by atoms with van der Waals surface area (Å²) in [4.78, 5) is 26.6. The van der Waals surface area contributed by atoms with Gasteiger partial charge in [0.2, 0.25) is 0 Å². The number of rotatable bonds is 8. The molecule has 4 rings (SSSR count). The molecule has 0 spiro atoms. The minimum absolute atomic E-state index is 0.164. The number of methoxy groups -OCH3 is 1. The highest BCUT2D eigenvalue weighted by atomic mass is 32.2. The van der Waals surface area contributed by atoms with Crippen LogP contribution < -0.4 is 21.7 Å². The Morgan fingerprint density at radius 2 is 1.68 bits per heavy atom. The molecule has 1 heterocycles. The van der Waals surface area contributed by atoms with E-state index in [9.17, 15) is 22.4 Å². The van der Waals surface area contributed by atoms with Crippen LogP contribution in [0.2, 0.25) is 0 Å². The summed E-state index contributed by atoms with van der Waals surface area (Å²) in [6.07, 6.45) is 0.901. The van der Waals surface area contributed by atoms with Crippen molar-refractivity contribution in [3.63, 3.8) is 0 Å². The van der Waals surface area contributed by atoms with Crippen LogP contribution in [0.5, 0.6) is 5.75 Å². The van der Waals surface area contributed by atoms with Gasteiger partial charge >= 0.3 is 5.69 Å². The van der Waals surface area contributed by atoms with Crippen molar-refractivity contribution in [1.82, 2.24) is 14.3 Å². The van der Waals surface area contributed by atoms with Gasteiger partial charge in [-0.3, -0.25) is 9.36 Å². The van der Waals surface area contributed by atoms with E-state index in [1.54, 1.807) is 30.3 Å². The third-order valence-electron chi connectivity index (χ3n) is 5.95. The molecule has 0 saturated carbocycles. The molecular formula is C26H24F2N4O5S. The molecule has 0 radical (unpaired) electrons. The van der Waals surface area contributed by atoms with Crippen LogP contribution in [0, 0.1) is 11.6 Å². The van der Waals surface area contributed by atoms with Gasteiger partial charge in [0.15, 0.2) is 27.1 Å². The number of ether oxygens (including phenoxy) is 1. The summed E-state index contributed by atoms with van der Waals surface area (Å²) in [6.45, 7) is -0.952. The van der Waals surface area contributed by atoms with Crippen molar-refractivity contribution in [2.24, 2.45) is 5.73 Å². The molecule has 198 valence electrons. The van der Waals surface area contributed by atoms with Crippen molar-refractivity contribution in [3.05, 3.63) is 110 Å². The predicted octanol–water partition coefficient (Wildman–Crippen LogP) is 2.51. The zero-order chi connectivity index (χ0) is 27.6. The summed E-state index contributed by atoms with van der Waals surface area (Å²) in [5, 5.41) is 4.05. The Labute approximate surface area is 216 Å². The standard InChI is InChI=1S/C26H24F2N4O5S/c1-37-21-12-6-10-17(23(21)28)24-25(33)31(15-20(29)16-8-4-3-5-9-16)26(34)32(30-24)14-18-19(27)11-7-13-22(18)38(2,35)36/h3-13,20H,14-15,29H2,1-2H3. The molecule has 0 aliphatic heterocycles. The van der Waals surface area contributed by atoms with E-state index in [4.69, 9.17) is 10.5 Å². The predicted molar refractivity (Wildman–Crippen MR) is 137 cm³/mol. The lowest BCUT2D eigenvalue weighted by atomic mass is 10.1. The molecule has 0 aliphatic carbocycles. The second-order valence-corrected chi connectivity index (χ2v) is 10.5. The van der Waals surface area contributed by atoms with Gasteiger partial charge in [0.05, 0.1) is 25.1 Å². The van der Waals surface area contributed by atoms with Crippen LogP contribution in [0.3, 0.4) is 0 Å². The number of hydrogen-bond donors (Lipinski definition) is 1. The molecule has 4 aromatic rings. The van der Waals surface area contributed by atoms with Gasteiger partial charge in [0.1, 0.15) is 5.82 Å². The Morgan fingerprint density at radius 1 is 1.00 bits per heavy atom. The first-order valence-electron chi connectivity index (χ1n) is 11.4. The molecule has 0 bridgehead atoms. The Morgan fingerprint density at radius 3 is 2.34 bits per heavy atom. The fourth-order valence-electron chi connectivity index (χ4n) is 4.04. The fourth-order valence-corrected chi connectivity index (χ4v) is 4.97. The molecule has 1 aromatic heterocycles. The van der Waals surface area contributed by atoms with Crippen LogP contribution in [0.4, 0.5) is 8.78 Å². The van der Waals surface area contributed by atoms with Gasteiger partial charge in [-0.15, -0.1) is 0 Å². The highest BCUT2D eigenvalue weighted by molar-refractivity contribution is 7.90. The van der Waals surface area contributed by atoms with Crippen LogP contribution in [0.1, 0.15) is 17.2 Å². The molecule has 3 aromatic carbocycles. The number of hydrogen-bond acceptors (Lipinski definition) is 7. The van der Waals surface area contributed by atoms with Crippen molar-refractivity contribution in [2.45, 2.75) is 24.0 Å². The SMILES string of the molecule is COc1cccc(-c2nn(Cc3c(F)cccc3S(C)(=O)=O)c(=O)n(CC(N)c3ccccc3)c2=O)c1F. The van der Waals surface area contributed by atoms with Gasteiger partial charge in [0, 0.05) is 23.4 Å². The maximum Gasteiger partial charge on any atom is 0.347 e. The van der Waals surface area contributed by atoms with E-state index in [1.807, 2.05) is 0 Å². The van der Waals surface area contributed by atoms with Crippen LogP contribution in [0.15, 0.2) is 81.2 Å². The summed E-state index contributed by atoms with van der Waals surface area (Å²) in [5.74, 6) is -1.96. The second-order valence-electron chi connectivity index (χ2n) is 8.53. The fraction of sp³-hybridized carbons (Fsp3) is 0.192. The number of halogens is 2. The first kappa shape index (κ1) is 26.9. The van der Waals surface area contributed by atoms with Crippen LogP contribution >= 0.6 is 0 Å². The molecule has 2 N–H and O–H groups in total. The summed E-state index contributed by atoms with van der Waals surface area (Å²) in [5.41, 5.74) is 3.94. The van der Waals surface area contributed by atoms with Gasteiger partial charge in [-0.1, -0.05) is 42.5 Å². The van der Waals surface area contributed by atoms with Crippen molar-refractivity contribution < 1.29 is 21.9 Å². The number of aromatic nitrogens is 3. The number of benzene rings is 3. The number of nitrogens with two attached hydrogens (primary N) is 1. The molecular weight excluding hydrogens is 518 g/mol. The molecule has 12 heteroatoms. The van der Waals surface area contributed by atoms with E-state index in [2.05, 4.69) is 5.10 Å². The lowest BCUT2D eigenvalue weighted by Gasteiger charge is -2.17. The molecule has 0 fully saturated rings. The van der Waals surface area contributed by atoms with Crippen molar-refractivity contribution in [3.8, 4) is 17.0 Å². The van der Waals surface area contributed by atoms with Gasteiger partial charge in [-0.25, -0.2) is 26.7 Å². The van der Waals surface area contributed by atoms with E-state index < -0.39 is 51.0 Å².